The van der Waals surface area contributed by atoms with Crippen molar-refractivity contribution in [2.75, 3.05) is 17.4 Å². The molecule has 5 rings (SSSR count). The van der Waals surface area contributed by atoms with Gasteiger partial charge in [0.25, 0.3) is 5.91 Å². The molecule has 3 heterocycles. The van der Waals surface area contributed by atoms with Crippen molar-refractivity contribution in [3.63, 3.8) is 0 Å². The summed E-state index contributed by atoms with van der Waals surface area (Å²) in [6.45, 7) is 0.0744. The molecule has 0 spiro atoms. The van der Waals surface area contributed by atoms with Crippen LogP contribution in [0.4, 0.5) is 24.7 Å². The zero-order chi connectivity index (χ0) is 23.3. The highest BCUT2D eigenvalue weighted by Crippen LogP contribution is 2.44. The van der Waals surface area contributed by atoms with Crippen LogP contribution in [0.15, 0.2) is 42.5 Å². The maximum absolute atomic E-state index is 13.9. The van der Waals surface area contributed by atoms with Crippen LogP contribution in [-0.4, -0.2) is 28.7 Å². The molecule has 1 aromatic heterocycles. The Bertz CT molecular complexity index is 1250. The average molecular weight is 499 g/mol. The molecule has 0 unspecified atom stereocenters. The van der Waals surface area contributed by atoms with E-state index in [1.165, 1.54) is 18.2 Å². The Hall–Kier alpha value is -3.11. The first-order chi connectivity index (χ1) is 15.7. The lowest BCUT2D eigenvalue weighted by Crippen LogP contribution is -2.35. The number of rotatable bonds is 3. The molecule has 7 nitrogen and oxygen atoms in total. The minimum absolute atomic E-state index is 0.0653. The Morgan fingerprint density at radius 3 is 2.64 bits per heavy atom. The molecule has 0 saturated carbocycles. The van der Waals surface area contributed by atoms with Crippen molar-refractivity contribution < 1.29 is 27.4 Å². The second kappa shape index (κ2) is 8.03. The Kier molecular flexibility index (Phi) is 5.29. The van der Waals surface area contributed by atoms with E-state index in [1.807, 2.05) is 0 Å². The van der Waals surface area contributed by atoms with E-state index in [0.717, 1.165) is 4.68 Å². The summed E-state index contributed by atoms with van der Waals surface area (Å²) in [5.74, 6) is 0.399. The highest BCUT2D eigenvalue weighted by atomic mass is 35.5. The molecule has 3 aromatic rings. The second-order valence-electron chi connectivity index (χ2n) is 7.55. The van der Waals surface area contributed by atoms with E-state index >= 15 is 0 Å². The van der Waals surface area contributed by atoms with E-state index in [0.29, 0.717) is 27.8 Å². The van der Waals surface area contributed by atoms with Gasteiger partial charge in [0.1, 0.15) is 5.82 Å². The summed E-state index contributed by atoms with van der Waals surface area (Å²) in [4.78, 5) is 12.7. The predicted octanol–water partition coefficient (Wildman–Crippen LogP) is 5.83. The van der Waals surface area contributed by atoms with Gasteiger partial charge in [-0.05, 0) is 29.8 Å². The minimum atomic E-state index is -4.58. The van der Waals surface area contributed by atoms with E-state index < -0.39 is 24.2 Å². The fourth-order valence-corrected chi connectivity index (χ4v) is 4.11. The number of amides is 1. The van der Waals surface area contributed by atoms with E-state index in [4.69, 9.17) is 32.7 Å². The van der Waals surface area contributed by atoms with E-state index in [9.17, 15) is 18.0 Å². The molecule has 2 aromatic carbocycles. The van der Waals surface area contributed by atoms with Crippen molar-refractivity contribution in [2.24, 2.45) is 0 Å². The highest BCUT2D eigenvalue weighted by Gasteiger charge is 2.46. The average Bonchev–Trinajstić information content (AvgIpc) is 3.40. The SMILES string of the molecule is O=C(Nc1ccc2c(c1)OCO2)c1cc2n(n1)[C@@H](C(F)(F)F)C[C@@H](c1ccc(Cl)c(Cl)c1)N2. The summed E-state index contributed by atoms with van der Waals surface area (Å²) in [5.41, 5.74) is 0.765. The topological polar surface area (TPSA) is 77.4 Å². The number of nitrogens with zero attached hydrogens (tertiary/aromatic N) is 2. The largest absolute Gasteiger partial charge is 0.454 e. The van der Waals surface area contributed by atoms with Gasteiger partial charge < -0.3 is 20.1 Å². The van der Waals surface area contributed by atoms with Gasteiger partial charge in [-0.15, -0.1) is 0 Å². The Labute approximate surface area is 195 Å². The third kappa shape index (κ3) is 4.16. The summed E-state index contributed by atoms with van der Waals surface area (Å²) >= 11 is 12.0. The van der Waals surface area contributed by atoms with Crippen LogP contribution >= 0.6 is 23.2 Å². The molecular weight excluding hydrogens is 484 g/mol. The van der Waals surface area contributed by atoms with Crippen molar-refractivity contribution in [2.45, 2.75) is 24.7 Å². The number of alkyl halides is 3. The van der Waals surface area contributed by atoms with Crippen molar-refractivity contribution in [1.82, 2.24) is 9.78 Å². The number of carbonyl (C=O) groups is 1. The number of fused-ring (bicyclic) bond motifs is 2. The molecule has 0 radical (unpaired) electrons. The van der Waals surface area contributed by atoms with Gasteiger partial charge in [0, 0.05) is 24.2 Å². The minimum Gasteiger partial charge on any atom is -0.454 e. The van der Waals surface area contributed by atoms with Crippen LogP contribution in [0.5, 0.6) is 11.5 Å². The molecule has 1 amide bonds. The fourth-order valence-electron chi connectivity index (χ4n) is 3.80. The summed E-state index contributed by atoms with van der Waals surface area (Å²) in [6.07, 6.45) is -4.91. The van der Waals surface area contributed by atoms with Crippen LogP contribution in [0.1, 0.15) is 34.6 Å². The second-order valence-corrected chi connectivity index (χ2v) is 8.36. The van der Waals surface area contributed by atoms with Crippen molar-refractivity contribution in [1.29, 1.82) is 0 Å². The summed E-state index contributed by atoms with van der Waals surface area (Å²) in [7, 11) is 0. The molecule has 0 bridgehead atoms. The maximum atomic E-state index is 13.9. The third-order valence-corrected chi connectivity index (χ3v) is 6.14. The van der Waals surface area contributed by atoms with Gasteiger partial charge in [0.15, 0.2) is 23.2 Å². The Balaban J connectivity index is 1.43. The smallest absolute Gasteiger partial charge is 0.410 e. The van der Waals surface area contributed by atoms with Gasteiger partial charge in [0.2, 0.25) is 6.79 Å². The van der Waals surface area contributed by atoms with E-state index in [2.05, 4.69) is 15.7 Å². The molecule has 0 saturated heterocycles. The van der Waals surface area contributed by atoms with Crippen LogP contribution in [0.25, 0.3) is 0 Å². The first-order valence-electron chi connectivity index (χ1n) is 9.78. The number of halogens is 5. The molecule has 2 atom stereocenters. The van der Waals surface area contributed by atoms with Crippen LogP contribution in [0.2, 0.25) is 10.0 Å². The molecule has 2 aliphatic heterocycles. The Morgan fingerprint density at radius 2 is 1.88 bits per heavy atom. The number of nitrogens with one attached hydrogen (secondary N) is 2. The van der Waals surface area contributed by atoms with Gasteiger partial charge in [0.05, 0.1) is 16.1 Å². The van der Waals surface area contributed by atoms with E-state index in [1.54, 1.807) is 24.3 Å². The standard InChI is InChI=1S/C21H15Cl2F3N4O3/c22-12-3-1-10(5-13(12)23)14-7-18(21(24,25)26)30-19(28-14)8-15(29-30)20(31)27-11-2-4-16-17(6-11)33-9-32-16/h1-6,8,14,18,28H,7,9H2,(H,27,31)/t14-,18+/m0/s1. The molecule has 2 aliphatic rings. The highest BCUT2D eigenvalue weighted by molar-refractivity contribution is 6.42. The first-order valence-corrected chi connectivity index (χ1v) is 10.5. The Morgan fingerprint density at radius 1 is 1.09 bits per heavy atom. The van der Waals surface area contributed by atoms with Gasteiger partial charge in [-0.1, -0.05) is 29.3 Å². The number of hydrogen-bond donors (Lipinski definition) is 2. The van der Waals surface area contributed by atoms with E-state index in [-0.39, 0.29) is 29.7 Å². The number of benzene rings is 2. The summed E-state index contributed by atoms with van der Waals surface area (Å²) < 4.78 is 52.9. The van der Waals surface area contributed by atoms with Crippen molar-refractivity contribution in [3.05, 3.63) is 63.8 Å². The molecule has 33 heavy (non-hydrogen) atoms. The number of carbonyl (C=O) groups excluding carboxylic acids is 1. The summed E-state index contributed by atoms with van der Waals surface area (Å²) in [5, 5.41) is 10.1. The zero-order valence-electron chi connectivity index (χ0n) is 16.6. The van der Waals surface area contributed by atoms with Crippen molar-refractivity contribution >= 4 is 40.6 Å². The normalized spacial score (nSPS) is 19.1. The van der Waals surface area contributed by atoms with Gasteiger partial charge in [-0.2, -0.15) is 18.3 Å². The molecule has 2 N–H and O–H groups in total. The first kappa shape index (κ1) is 21.7. The third-order valence-electron chi connectivity index (χ3n) is 5.40. The van der Waals surface area contributed by atoms with Crippen LogP contribution < -0.4 is 20.1 Å². The van der Waals surface area contributed by atoms with Crippen molar-refractivity contribution in [3.8, 4) is 11.5 Å². The number of anilines is 2. The van der Waals surface area contributed by atoms with Gasteiger partial charge >= 0.3 is 6.18 Å². The lowest BCUT2D eigenvalue weighted by atomic mass is 9.97. The lowest BCUT2D eigenvalue weighted by molar-refractivity contribution is -0.173. The predicted molar refractivity (Wildman–Crippen MR) is 115 cm³/mol. The maximum Gasteiger partial charge on any atom is 0.410 e. The quantitative estimate of drug-likeness (QED) is 0.474. The summed E-state index contributed by atoms with van der Waals surface area (Å²) in [6, 6.07) is 8.09. The van der Waals surface area contributed by atoms with Gasteiger partial charge in [-0.3, -0.25) is 4.79 Å². The molecule has 0 aliphatic carbocycles. The lowest BCUT2D eigenvalue weighted by Gasteiger charge is -2.33. The molecule has 0 fully saturated rings. The fraction of sp³-hybridized carbons (Fsp3) is 0.238. The van der Waals surface area contributed by atoms with Gasteiger partial charge in [-0.25, -0.2) is 4.68 Å². The van der Waals surface area contributed by atoms with Crippen LogP contribution in [-0.2, 0) is 0 Å². The number of aromatic nitrogens is 2. The monoisotopic (exact) mass is 498 g/mol. The molecule has 172 valence electrons. The van der Waals surface area contributed by atoms with Crippen LogP contribution in [0, 0.1) is 0 Å². The molecule has 12 heteroatoms. The number of hydrogen-bond acceptors (Lipinski definition) is 5. The molecular formula is C21H15Cl2F3N4O3. The zero-order valence-corrected chi connectivity index (χ0v) is 18.1. The number of ether oxygens (including phenoxy) is 2. The van der Waals surface area contributed by atoms with Crippen LogP contribution in [0.3, 0.4) is 0 Å².